The molecule has 4 N–H and O–H groups in total. The maximum atomic E-state index is 13.5. The van der Waals surface area contributed by atoms with Gasteiger partial charge in [-0.25, -0.2) is 9.50 Å². The predicted molar refractivity (Wildman–Crippen MR) is 143 cm³/mol. The number of rotatable bonds is 7. The summed E-state index contributed by atoms with van der Waals surface area (Å²) >= 11 is 0. The molecule has 1 aromatic carbocycles. The Balaban J connectivity index is 0.835. The number of benzene rings is 1. The minimum Gasteiger partial charge on any atom is -0.482 e. The molecule has 6 fully saturated rings. The number of amides is 4. The molecule has 0 unspecified atom stereocenters. The lowest BCUT2D eigenvalue weighted by Crippen LogP contribution is -3.12. The van der Waals surface area contributed by atoms with Gasteiger partial charge in [-0.3, -0.25) is 24.2 Å². The smallest absolute Gasteiger partial charge is 0.270 e. The molecule has 13 heteroatoms. The first-order valence-corrected chi connectivity index (χ1v) is 14.2. The second-order valence-electron chi connectivity index (χ2n) is 12.6. The lowest BCUT2D eigenvalue weighted by atomic mass is 8.92. The number of hydrogen-bond acceptors (Lipinski definition) is 8. The summed E-state index contributed by atoms with van der Waals surface area (Å²) in [5.41, 5.74) is 2.40. The van der Waals surface area contributed by atoms with Crippen molar-refractivity contribution in [2.24, 2.45) is 51.3 Å². The summed E-state index contributed by atoms with van der Waals surface area (Å²) in [6, 6.07) is 8.44. The van der Waals surface area contributed by atoms with Crippen LogP contribution in [-0.4, -0.2) is 63.8 Å². The van der Waals surface area contributed by atoms with Gasteiger partial charge in [-0.2, -0.15) is 5.10 Å². The van der Waals surface area contributed by atoms with Gasteiger partial charge in [0.05, 0.1) is 11.9 Å². The highest BCUT2D eigenvalue weighted by atomic mass is 16.5. The van der Waals surface area contributed by atoms with Crippen molar-refractivity contribution in [2.75, 3.05) is 25.0 Å². The minimum absolute atomic E-state index is 0.000296. The summed E-state index contributed by atoms with van der Waals surface area (Å²) < 4.78 is 6.84. The number of hydrogen-bond donors (Lipinski definition) is 4. The van der Waals surface area contributed by atoms with Crippen LogP contribution in [0.15, 0.2) is 41.5 Å². The van der Waals surface area contributed by atoms with Crippen LogP contribution < -0.4 is 26.0 Å². The summed E-state index contributed by atoms with van der Waals surface area (Å²) in [6.45, 7) is 1.03. The number of nitrogens with one attached hydrogen (secondary N) is 4. The van der Waals surface area contributed by atoms with E-state index in [0.29, 0.717) is 59.1 Å². The summed E-state index contributed by atoms with van der Waals surface area (Å²) in [6.07, 6.45) is 1.55. The molecule has 13 nitrogen and oxygen atoms in total. The largest absolute Gasteiger partial charge is 0.482 e. The molecule has 6 aliphatic carbocycles. The van der Waals surface area contributed by atoms with Crippen molar-refractivity contribution < 1.29 is 23.9 Å². The van der Waals surface area contributed by atoms with Crippen LogP contribution in [0, 0.1) is 46.3 Å². The molecule has 0 atom stereocenters. The van der Waals surface area contributed by atoms with E-state index in [2.05, 4.69) is 36.3 Å². The monoisotopic (exact) mass is 564 g/mol. The molecule has 210 valence electrons. The summed E-state index contributed by atoms with van der Waals surface area (Å²) in [5, 5.41) is 16.0. The fourth-order valence-corrected chi connectivity index (χ4v) is 10.2. The molecule has 0 spiro atoms. The number of aromatic nitrogens is 3. The lowest BCUT2D eigenvalue weighted by Gasteiger charge is -3.11. The summed E-state index contributed by atoms with van der Waals surface area (Å²) in [4.78, 5) is 58.9. The van der Waals surface area contributed by atoms with Crippen LogP contribution in [0.2, 0.25) is 0 Å². The summed E-state index contributed by atoms with van der Waals surface area (Å²) in [7, 11) is 0. The standard InChI is InChI=1S/C29H24N8O5/c38-17-8-31-27(36-17)29-22-19-23(29)21-24(29)20(22)28(19,21)10-32-26(41)14-6-13(34-16-3-4-33-37(14)16)25(40)30-7-11-1-2-15-12(5-11)35-18(39)9-42-15/h1-6,19-24H,7-10H2,(H,30,40)(H,32,41)(H,35,39)(H,31,36,38). The zero-order chi connectivity index (χ0) is 28.1. The first kappa shape index (κ1) is 22.8. The Morgan fingerprint density at radius 2 is 1.79 bits per heavy atom. The average molecular weight is 565 g/mol. The quantitative estimate of drug-likeness (QED) is 0.313. The fraction of sp³-hybridized carbons (Fsp3) is 0.414. The van der Waals surface area contributed by atoms with Gasteiger partial charge in [-0.05, 0) is 58.6 Å². The molecule has 42 heavy (non-hydrogen) atoms. The normalized spacial score (nSPS) is 36.3. The van der Waals surface area contributed by atoms with E-state index in [1.807, 2.05) is 6.07 Å². The average Bonchev–Trinajstić information content (AvgIpc) is 3.67. The van der Waals surface area contributed by atoms with Gasteiger partial charge in [0.15, 0.2) is 12.3 Å². The van der Waals surface area contributed by atoms with Gasteiger partial charge in [0.2, 0.25) is 5.91 Å². The van der Waals surface area contributed by atoms with Crippen LogP contribution in [0.4, 0.5) is 5.69 Å². The topological polar surface area (TPSA) is 168 Å². The number of aliphatic imine (C=N–C) groups is 1. The molecule has 4 amide bonds. The minimum atomic E-state index is -0.431. The SMILES string of the molecule is O=C1CN=C(C23C4C5C2C2C3C4C52CNC(=O)c2cc(C(=O)NCc3ccc4c(c3)NC(=O)CO4)nc3ccnn23)N1. The third-order valence-electron chi connectivity index (χ3n) is 11.4. The molecule has 2 aliphatic heterocycles. The van der Waals surface area contributed by atoms with E-state index in [-0.39, 0.29) is 59.6 Å². The molecule has 0 radical (unpaired) electrons. The molecular formula is C29H24N8O5. The predicted octanol–water partition coefficient (Wildman–Crippen LogP) is -0.0137. The molecule has 3 aromatic rings. The van der Waals surface area contributed by atoms with E-state index in [0.717, 1.165) is 11.4 Å². The van der Waals surface area contributed by atoms with Crippen LogP contribution in [0.25, 0.3) is 5.65 Å². The van der Waals surface area contributed by atoms with Crippen LogP contribution >= 0.6 is 0 Å². The van der Waals surface area contributed by atoms with Gasteiger partial charge < -0.3 is 26.0 Å². The van der Waals surface area contributed by atoms with Gasteiger partial charge >= 0.3 is 0 Å². The first-order valence-electron chi connectivity index (χ1n) is 14.2. The molecule has 2 aromatic heterocycles. The Hall–Kier alpha value is -4.81. The van der Waals surface area contributed by atoms with Crippen molar-refractivity contribution in [3.8, 4) is 5.75 Å². The molecular weight excluding hydrogens is 540 g/mol. The lowest BCUT2D eigenvalue weighted by molar-refractivity contribution is -0.635. The van der Waals surface area contributed by atoms with Crippen LogP contribution in [0.3, 0.4) is 0 Å². The highest BCUT2D eigenvalue weighted by Crippen LogP contribution is 3.10. The molecule has 0 bridgehead atoms. The second kappa shape index (κ2) is 7.15. The Labute approximate surface area is 237 Å². The number of ether oxygens (including phenoxy) is 1. The van der Waals surface area contributed by atoms with E-state index in [9.17, 15) is 19.2 Å². The molecule has 11 rings (SSSR count). The van der Waals surface area contributed by atoms with Crippen LogP contribution in [0.1, 0.15) is 26.5 Å². The number of nitrogens with zero attached hydrogens (tertiary/aromatic N) is 4. The maximum absolute atomic E-state index is 13.5. The maximum Gasteiger partial charge on any atom is 0.270 e. The van der Waals surface area contributed by atoms with Gasteiger partial charge in [0.1, 0.15) is 29.5 Å². The highest BCUT2D eigenvalue weighted by molar-refractivity contribution is 6.10. The van der Waals surface area contributed by atoms with E-state index < -0.39 is 5.91 Å². The van der Waals surface area contributed by atoms with Crippen LogP contribution in [0.5, 0.6) is 5.75 Å². The van der Waals surface area contributed by atoms with Crippen molar-refractivity contribution in [2.45, 2.75) is 6.54 Å². The highest BCUT2D eigenvalue weighted by Gasteiger charge is 3.10. The van der Waals surface area contributed by atoms with Gasteiger partial charge in [0, 0.05) is 30.6 Å². The number of carbonyl (C=O) groups excluding carboxylic acids is 4. The number of fused-ring (bicyclic) bond motifs is 2. The van der Waals surface area contributed by atoms with E-state index in [1.165, 1.54) is 10.6 Å². The molecule has 4 heterocycles. The second-order valence-corrected chi connectivity index (χ2v) is 12.6. The molecule has 8 aliphatic rings. The molecule has 0 saturated heterocycles. The van der Waals surface area contributed by atoms with Gasteiger partial charge in [-0.15, -0.1) is 0 Å². The summed E-state index contributed by atoms with van der Waals surface area (Å²) in [5.74, 6) is 4.16. The van der Waals surface area contributed by atoms with Crippen molar-refractivity contribution in [3.05, 3.63) is 53.5 Å². The third-order valence-corrected chi connectivity index (χ3v) is 11.4. The van der Waals surface area contributed by atoms with Crippen molar-refractivity contribution in [1.29, 1.82) is 0 Å². The zero-order valence-corrected chi connectivity index (χ0v) is 22.1. The van der Waals surface area contributed by atoms with Gasteiger partial charge in [-0.1, -0.05) is 6.07 Å². The van der Waals surface area contributed by atoms with E-state index in [4.69, 9.17) is 4.74 Å². The van der Waals surface area contributed by atoms with Crippen molar-refractivity contribution >= 4 is 40.8 Å². The van der Waals surface area contributed by atoms with Crippen molar-refractivity contribution in [3.63, 3.8) is 0 Å². The number of anilines is 1. The van der Waals surface area contributed by atoms with Crippen molar-refractivity contribution in [1.82, 2.24) is 30.5 Å². The van der Waals surface area contributed by atoms with Crippen LogP contribution in [-0.2, 0) is 16.1 Å². The number of amidine groups is 1. The third kappa shape index (κ3) is 2.32. The first-order chi connectivity index (χ1) is 20.4. The molecule has 6 saturated carbocycles. The Bertz CT molecular complexity index is 1820. The number of carbonyl (C=O) groups is 4. The van der Waals surface area contributed by atoms with E-state index in [1.54, 1.807) is 24.4 Å². The van der Waals surface area contributed by atoms with E-state index >= 15 is 0 Å². The Kier molecular flexibility index (Phi) is 3.88. The Morgan fingerprint density at radius 3 is 2.55 bits per heavy atom. The van der Waals surface area contributed by atoms with Gasteiger partial charge in [0.25, 0.3) is 17.7 Å². The fourth-order valence-electron chi connectivity index (χ4n) is 10.2. The zero-order valence-electron chi connectivity index (χ0n) is 22.1. The Morgan fingerprint density at radius 1 is 0.976 bits per heavy atom.